The first-order chi connectivity index (χ1) is 8.78. The van der Waals surface area contributed by atoms with E-state index in [0.717, 1.165) is 11.0 Å². The second-order valence-electron chi connectivity index (χ2n) is 3.91. The summed E-state index contributed by atoms with van der Waals surface area (Å²) in [7, 11) is 0. The molecule has 0 saturated heterocycles. The molecule has 0 aliphatic rings. The number of halogens is 1. The van der Waals surface area contributed by atoms with Crippen molar-refractivity contribution in [1.82, 2.24) is 15.4 Å². The SMILES string of the molecule is NNC(c1ncc[nH]1)c1cc2cc(Cl)ccc2o1. The predicted octanol–water partition coefficient (Wildman–Crippen LogP) is 2.36. The summed E-state index contributed by atoms with van der Waals surface area (Å²) < 4.78 is 5.74. The van der Waals surface area contributed by atoms with E-state index in [-0.39, 0.29) is 6.04 Å². The van der Waals surface area contributed by atoms with Crippen LogP contribution in [0.1, 0.15) is 17.6 Å². The molecule has 5 nitrogen and oxygen atoms in total. The summed E-state index contributed by atoms with van der Waals surface area (Å²) in [6.45, 7) is 0. The number of aromatic amines is 1. The lowest BCUT2D eigenvalue weighted by molar-refractivity contribution is 0.466. The van der Waals surface area contributed by atoms with Crippen LogP contribution in [0.25, 0.3) is 11.0 Å². The van der Waals surface area contributed by atoms with E-state index in [0.29, 0.717) is 16.6 Å². The molecular formula is C12H11ClN4O. The van der Waals surface area contributed by atoms with Gasteiger partial charge in [-0.3, -0.25) is 5.84 Å². The van der Waals surface area contributed by atoms with E-state index in [9.17, 15) is 0 Å². The van der Waals surface area contributed by atoms with Crippen molar-refractivity contribution >= 4 is 22.6 Å². The zero-order chi connectivity index (χ0) is 12.5. The van der Waals surface area contributed by atoms with Gasteiger partial charge in [0.1, 0.15) is 23.2 Å². The molecule has 0 saturated carbocycles. The normalized spacial score (nSPS) is 13.0. The molecule has 2 aromatic heterocycles. The van der Waals surface area contributed by atoms with Gasteiger partial charge in [0.25, 0.3) is 0 Å². The Labute approximate surface area is 108 Å². The van der Waals surface area contributed by atoms with Crippen molar-refractivity contribution in [3.63, 3.8) is 0 Å². The molecule has 0 amide bonds. The summed E-state index contributed by atoms with van der Waals surface area (Å²) in [6.07, 6.45) is 3.40. The van der Waals surface area contributed by atoms with Gasteiger partial charge in [-0.05, 0) is 24.3 Å². The Morgan fingerprint density at radius 3 is 3.00 bits per heavy atom. The fraction of sp³-hybridized carbons (Fsp3) is 0.0833. The van der Waals surface area contributed by atoms with E-state index in [1.54, 1.807) is 18.5 Å². The quantitative estimate of drug-likeness (QED) is 0.500. The number of hydrazine groups is 1. The molecule has 0 aliphatic carbocycles. The van der Waals surface area contributed by atoms with E-state index < -0.39 is 0 Å². The van der Waals surface area contributed by atoms with Gasteiger partial charge in [-0.1, -0.05) is 11.6 Å². The Balaban J connectivity index is 2.07. The van der Waals surface area contributed by atoms with Crippen molar-refractivity contribution < 1.29 is 4.42 Å². The summed E-state index contributed by atoms with van der Waals surface area (Å²) in [6, 6.07) is 7.05. The molecule has 2 heterocycles. The van der Waals surface area contributed by atoms with E-state index in [2.05, 4.69) is 15.4 Å². The first kappa shape index (κ1) is 11.3. The van der Waals surface area contributed by atoms with Crippen molar-refractivity contribution in [2.45, 2.75) is 6.04 Å². The second kappa shape index (κ2) is 4.45. The number of nitrogens with zero attached hydrogens (tertiary/aromatic N) is 1. The van der Waals surface area contributed by atoms with Crippen LogP contribution < -0.4 is 11.3 Å². The van der Waals surface area contributed by atoms with Crippen LogP contribution in [0.15, 0.2) is 41.1 Å². The van der Waals surface area contributed by atoms with Crippen LogP contribution in [0.2, 0.25) is 5.02 Å². The molecule has 0 bridgehead atoms. The summed E-state index contributed by atoms with van der Waals surface area (Å²) in [5.74, 6) is 6.93. The molecule has 3 aromatic rings. The smallest absolute Gasteiger partial charge is 0.137 e. The molecular weight excluding hydrogens is 252 g/mol. The Bertz CT molecular complexity index is 662. The minimum Gasteiger partial charge on any atom is -0.459 e. The van der Waals surface area contributed by atoms with Gasteiger partial charge in [-0.15, -0.1) is 0 Å². The molecule has 0 fully saturated rings. The van der Waals surface area contributed by atoms with E-state index in [1.807, 2.05) is 18.2 Å². The number of nitrogens with one attached hydrogen (secondary N) is 2. The maximum absolute atomic E-state index is 5.94. The molecule has 6 heteroatoms. The highest BCUT2D eigenvalue weighted by molar-refractivity contribution is 6.31. The van der Waals surface area contributed by atoms with Crippen LogP contribution in [-0.2, 0) is 0 Å². The Kier molecular flexibility index (Phi) is 2.79. The van der Waals surface area contributed by atoms with Crippen LogP contribution in [0, 0.1) is 0 Å². The van der Waals surface area contributed by atoms with Crippen molar-refractivity contribution in [2.24, 2.45) is 5.84 Å². The molecule has 0 aliphatic heterocycles. The zero-order valence-corrected chi connectivity index (χ0v) is 10.1. The molecule has 1 unspecified atom stereocenters. The Morgan fingerprint density at radius 1 is 1.39 bits per heavy atom. The van der Waals surface area contributed by atoms with Crippen LogP contribution >= 0.6 is 11.6 Å². The molecule has 3 rings (SSSR count). The van der Waals surface area contributed by atoms with Gasteiger partial charge < -0.3 is 9.40 Å². The third kappa shape index (κ3) is 1.88. The van der Waals surface area contributed by atoms with E-state index in [4.69, 9.17) is 21.9 Å². The third-order valence-electron chi connectivity index (χ3n) is 2.74. The standard InChI is InChI=1S/C12H11ClN4O/c13-8-1-2-9-7(5-8)6-10(18-9)11(17-14)12-15-3-4-16-12/h1-6,11,17H,14H2,(H,15,16). The summed E-state index contributed by atoms with van der Waals surface area (Å²) in [4.78, 5) is 7.17. The Morgan fingerprint density at radius 2 is 2.28 bits per heavy atom. The maximum atomic E-state index is 5.94. The third-order valence-corrected chi connectivity index (χ3v) is 2.98. The average Bonchev–Trinajstić information content (AvgIpc) is 2.98. The predicted molar refractivity (Wildman–Crippen MR) is 69.0 cm³/mol. The lowest BCUT2D eigenvalue weighted by atomic mass is 10.2. The largest absolute Gasteiger partial charge is 0.459 e. The first-order valence-electron chi connectivity index (χ1n) is 5.42. The number of fused-ring (bicyclic) bond motifs is 1. The molecule has 92 valence electrons. The van der Waals surface area contributed by atoms with Gasteiger partial charge in [0.05, 0.1) is 0 Å². The Hall–Kier alpha value is -1.82. The van der Waals surface area contributed by atoms with Gasteiger partial charge in [0.2, 0.25) is 0 Å². The highest BCUT2D eigenvalue weighted by atomic mass is 35.5. The van der Waals surface area contributed by atoms with Crippen molar-refractivity contribution in [2.75, 3.05) is 0 Å². The number of hydrogen-bond acceptors (Lipinski definition) is 4. The van der Waals surface area contributed by atoms with Gasteiger partial charge in [-0.25, -0.2) is 10.4 Å². The molecule has 18 heavy (non-hydrogen) atoms. The molecule has 0 radical (unpaired) electrons. The van der Waals surface area contributed by atoms with E-state index in [1.165, 1.54) is 0 Å². The minimum absolute atomic E-state index is 0.314. The fourth-order valence-electron chi connectivity index (χ4n) is 1.91. The number of hydrogen-bond donors (Lipinski definition) is 3. The highest BCUT2D eigenvalue weighted by Gasteiger charge is 2.19. The zero-order valence-electron chi connectivity index (χ0n) is 9.35. The number of H-pyrrole nitrogens is 1. The second-order valence-corrected chi connectivity index (χ2v) is 4.34. The molecule has 4 N–H and O–H groups in total. The minimum atomic E-state index is -0.314. The van der Waals surface area contributed by atoms with Gasteiger partial charge in [0.15, 0.2) is 0 Å². The monoisotopic (exact) mass is 262 g/mol. The molecule has 1 aromatic carbocycles. The number of furan rings is 1. The number of imidazole rings is 1. The topological polar surface area (TPSA) is 79.9 Å². The number of benzene rings is 1. The van der Waals surface area contributed by atoms with Crippen molar-refractivity contribution in [1.29, 1.82) is 0 Å². The van der Waals surface area contributed by atoms with Gasteiger partial charge >= 0.3 is 0 Å². The first-order valence-corrected chi connectivity index (χ1v) is 5.80. The molecule has 0 spiro atoms. The summed E-state index contributed by atoms with van der Waals surface area (Å²) in [5, 5.41) is 1.61. The summed E-state index contributed by atoms with van der Waals surface area (Å²) >= 11 is 5.94. The van der Waals surface area contributed by atoms with Crippen LogP contribution in [0.3, 0.4) is 0 Å². The van der Waals surface area contributed by atoms with Gasteiger partial charge in [-0.2, -0.15) is 0 Å². The maximum Gasteiger partial charge on any atom is 0.137 e. The summed E-state index contributed by atoms with van der Waals surface area (Å²) in [5.41, 5.74) is 3.44. The lowest BCUT2D eigenvalue weighted by Crippen LogP contribution is -2.29. The van der Waals surface area contributed by atoms with Gasteiger partial charge in [0, 0.05) is 22.8 Å². The van der Waals surface area contributed by atoms with Crippen LogP contribution in [0.5, 0.6) is 0 Å². The molecule has 1 atom stereocenters. The lowest BCUT2D eigenvalue weighted by Gasteiger charge is -2.09. The number of aromatic nitrogens is 2. The van der Waals surface area contributed by atoms with Crippen molar-refractivity contribution in [3.05, 3.63) is 53.3 Å². The fourth-order valence-corrected chi connectivity index (χ4v) is 2.09. The van der Waals surface area contributed by atoms with Crippen LogP contribution in [-0.4, -0.2) is 9.97 Å². The number of rotatable bonds is 3. The average molecular weight is 263 g/mol. The van der Waals surface area contributed by atoms with E-state index >= 15 is 0 Å². The van der Waals surface area contributed by atoms with Crippen molar-refractivity contribution in [3.8, 4) is 0 Å². The highest BCUT2D eigenvalue weighted by Crippen LogP contribution is 2.28. The number of nitrogens with two attached hydrogens (primary N) is 1. The van der Waals surface area contributed by atoms with Crippen LogP contribution in [0.4, 0.5) is 0 Å².